The van der Waals surface area contributed by atoms with E-state index in [1.54, 1.807) is 24.3 Å². The molecule has 10 heteroatoms. The van der Waals surface area contributed by atoms with E-state index >= 15 is 0 Å². The van der Waals surface area contributed by atoms with Crippen molar-refractivity contribution in [3.63, 3.8) is 0 Å². The zero-order valence-electron chi connectivity index (χ0n) is 16.1. The van der Waals surface area contributed by atoms with Gasteiger partial charge in [0.25, 0.3) is 5.69 Å². The van der Waals surface area contributed by atoms with Crippen LogP contribution in [0.3, 0.4) is 0 Å². The van der Waals surface area contributed by atoms with Gasteiger partial charge in [0.15, 0.2) is 5.69 Å². The lowest BCUT2D eigenvalue weighted by Crippen LogP contribution is -2.45. The minimum Gasteiger partial charge on any atom is -0.267 e. The topological polar surface area (TPSA) is 116 Å². The number of hydrogen-bond acceptors (Lipinski definition) is 8. The lowest BCUT2D eigenvalue weighted by atomic mass is 10.1. The minimum atomic E-state index is -0.730. The maximum atomic E-state index is 11.8. The smallest absolute Gasteiger partial charge is 0.267 e. The van der Waals surface area contributed by atoms with Crippen molar-refractivity contribution in [1.29, 1.82) is 0 Å². The second-order valence-electron chi connectivity index (χ2n) is 6.91. The van der Waals surface area contributed by atoms with Crippen molar-refractivity contribution in [2.24, 2.45) is 0 Å². The lowest BCUT2D eigenvalue weighted by Gasteiger charge is -2.33. The van der Waals surface area contributed by atoms with Crippen molar-refractivity contribution in [3.8, 4) is 0 Å². The summed E-state index contributed by atoms with van der Waals surface area (Å²) in [4.78, 5) is 21.7. The largest absolute Gasteiger partial charge is 0.304 e. The molecule has 0 fully saturated rings. The molecule has 152 valence electrons. The average molecular weight is 407 g/mol. The summed E-state index contributed by atoms with van der Waals surface area (Å²) in [5, 5.41) is 37.5. The maximum Gasteiger partial charge on any atom is 0.304 e. The molecule has 0 aliphatic carbocycles. The van der Waals surface area contributed by atoms with Gasteiger partial charge in [-0.2, -0.15) is 5.12 Å². The van der Waals surface area contributed by atoms with Gasteiger partial charge in [0.1, 0.15) is 5.69 Å². The first-order valence-corrected chi connectivity index (χ1v) is 8.97. The van der Waals surface area contributed by atoms with Crippen LogP contribution in [0.5, 0.6) is 0 Å². The predicted octanol–water partition coefficient (Wildman–Crippen LogP) is 4.80. The van der Waals surface area contributed by atoms with Crippen LogP contribution in [-0.4, -0.2) is 15.1 Å². The number of benzene rings is 3. The Bertz CT molecular complexity index is 1150. The van der Waals surface area contributed by atoms with E-state index in [9.17, 15) is 25.4 Å². The summed E-state index contributed by atoms with van der Waals surface area (Å²) >= 11 is 0. The Labute approximate surface area is 171 Å². The molecule has 0 bridgehead atoms. The fraction of sp³-hybridized carbons (Fsp3) is 0.100. The summed E-state index contributed by atoms with van der Waals surface area (Å²) in [6, 6.07) is 16.3. The van der Waals surface area contributed by atoms with E-state index in [1.807, 2.05) is 38.1 Å². The molecule has 3 aromatic carbocycles. The van der Waals surface area contributed by atoms with Crippen LogP contribution in [0.25, 0.3) is 0 Å². The minimum absolute atomic E-state index is 0.0255. The fourth-order valence-electron chi connectivity index (χ4n) is 3.31. The van der Waals surface area contributed by atoms with Crippen LogP contribution < -0.4 is 15.3 Å². The van der Waals surface area contributed by atoms with E-state index in [2.05, 4.69) is 0 Å². The van der Waals surface area contributed by atoms with E-state index in [4.69, 9.17) is 0 Å². The van der Waals surface area contributed by atoms with Gasteiger partial charge in [-0.25, -0.2) is 5.01 Å². The van der Waals surface area contributed by atoms with Crippen LogP contribution in [0, 0.1) is 34.1 Å². The molecule has 0 saturated carbocycles. The van der Waals surface area contributed by atoms with Crippen LogP contribution in [0.4, 0.5) is 34.1 Å². The highest BCUT2D eigenvalue weighted by Crippen LogP contribution is 2.51. The monoisotopic (exact) mass is 407 g/mol. The molecule has 0 atom stereocenters. The fourth-order valence-corrected chi connectivity index (χ4v) is 3.31. The Balaban J connectivity index is 2.00. The molecule has 1 aliphatic rings. The van der Waals surface area contributed by atoms with Gasteiger partial charge in [-0.1, -0.05) is 35.4 Å². The molecule has 0 unspecified atom stereocenters. The molecular weight excluding hydrogens is 390 g/mol. The van der Waals surface area contributed by atoms with E-state index in [-0.39, 0.29) is 11.4 Å². The van der Waals surface area contributed by atoms with Gasteiger partial charge in [0, 0.05) is 6.07 Å². The van der Waals surface area contributed by atoms with Gasteiger partial charge in [-0.3, -0.25) is 25.4 Å². The van der Waals surface area contributed by atoms with Gasteiger partial charge >= 0.3 is 5.69 Å². The first-order chi connectivity index (χ1) is 14.3. The second kappa shape index (κ2) is 7.01. The van der Waals surface area contributed by atoms with Gasteiger partial charge in [-0.15, -0.1) is 5.17 Å². The van der Waals surface area contributed by atoms with Crippen LogP contribution in [0.2, 0.25) is 0 Å². The highest BCUT2D eigenvalue weighted by Gasteiger charge is 2.42. The normalized spacial score (nSPS) is 12.8. The second-order valence-corrected chi connectivity index (χ2v) is 6.91. The molecule has 0 amide bonds. The number of fused-ring (bicyclic) bond motifs is 1. The first-order valence-electron chi connectivity index (χ1n) is 8.97. The van der Waals surface area contributed by atoms with Crippen molar-refractivity contribution in [2.75, 3.05) is 15.3 Å². The first kappa shape index (κ1) is 19.2. The van der Waals surface area contributed by atoms with Gasteiger partial charge in [0.2, 0.25) is 0 Å². The SMILES string of the molecule is Cc1ccc(N2c3c(cc([N+](=O)[O-])cc3[N+](=O)[O-])N(O)N2c2ccc(C)cc2)cc1. The van der Waals surface area contributed by atoms with Crippen LogP contribution in [0.1, 0.15) is 11.1 Å². The van der Waals surface area contributed by atoms with E-state index < -0.39 is 21.2 Å². The Hall–Kier alpha value is -4.18. The van der Waals surface area contributed by atoms with Crippen molar-refractivity contribution < 1.29 is 15.1 Å². The zero-order valence-corrected chi connectivity index (χ0v) is 16.1. The number of anilines is 4. The Morgan fingerprint density at radius 3 is 1.83 bits per heavy atom. The van der Waals surface area contributed by atoms with Crippen LogP contribution >= 0.6 is 0 Å². The standard InChI is InChI=1S/C20H17N5O5/c1-13-3-7-15(8-4-13)21-20-18(11-17(24(27)28)12-19(20)25(29)30)23(26)22(21)16-9-5-14(2)6-10-16/h3-12,26H,1-2H3. The summed E-state index contributed by atoms with van der Waals surface area (Å²) in [6.45, 7) is 3.81. The van der Waals surface area contributed by atoms with Crippen LogP contribution in [-0.2, 0) is 0 Å². The molecule has 1 heterocycles. The number of nitro groups is 2. The lowest BCUT2D eigenvalue weighted by molar-refractivity contribution is -0.393. The highest BCUT2D eigenvalue weighted by atomic mass is 16.6. The molecule has 3 aromatic rings. The third-order valence-electron chi connectivity index (χ3n) is 4.80. The molecule has 4 rings (SSSR count). The number of nitrogens with zero attached hydrogens (tertiary/aromatic N) is 5. The Morgan fingerprint density at radius 1 is 0.800 bits per heavy atom. The molecule has 0 saturated heterocycles. The van der Waals surface area contributed by atoms with Gasteiger partial charge in [0.05, 0.1) is 27.3 Å². The van der Waals surface area contributed by atoms with Crippen molar-refractivity contribution in [1.82, 2.24) is 0 Å². The molecular formula is C20H17N5O5. The summed E-state index contributed by atoms with van der Waals surface area (Å²) in [5.41, 5.74) is 1.99. The Morgan fingerprint density at radius 2 is 1.33 bits per heavy atom. The molecule has 1 N–H and O–H groups in total. The number of hydrazine groups is 2. The number of hydrogen-bond donors (Lipinski definition) is 1. The number of nitro benzene ring substituents is 2. The average Bonchev–Trinajstić information content (AvgIpc) is 3.01. The number of aryl methyl sites for hydroxylation is 2. The Kier molecular flexibility index (Phi) is 4.47. The van der Waals surface area contributed by atoms with Crippen molar-refractivity contribution in [3.05, 3.63) is 92.0 Å². The molecule has 0 aromatic heterocycles. The molecule has 0 spiro atoms. The van der Waals surface area contributed by atoms with Crippen LogP contribution in [0.15, 0.2) is 60.7 Å². The van der Waals surface area contributed by atoms with Crippen molar-refractivity contribution >= 4 is 34.1 Å². The molecule has 0 radical (unpaired) electrons. The third-order valence-corrected chi connectivity index (χ3v) is 4.80. The summed E-state index contributed by atoms with van der Waals surface area (Å²) in [5.74, 6) is 0. The quantitative estimate of drug-likeness (QED) is 0.484. The zero-order chi connectivity index (χ0) is 21.6. The van der Waals surface area contributed by atoms with E-state index in [1.165, 1.54) is 10.1 Å². The molecule has 30 heavy (non-hydrogen) atoms. The summed E-state index contributed by atoms with van der Waals surface area (Å²) in [7, 11) is 0. The third kappa shape index (κ3) is 3.05. The molecule has 10 nitrogen and oxygen atoms in total. The summed E-state index contributed by atoms with van der Waals surface area (Å²) in [6.07, 6.45) is 0. The molecule has 1 aliphatic heterocycles. The van der Waals surface area contributed by atoms with Crippen molar-refractivity contribution in [2.45, 2.75) is 13.8 Å². The number of rotatable bonds is 4. The van der Waals surface area contributed by atoms with Gasteiger partial charge < -0.3 is 0 Å². The summed E-state index contributed by atoms with van der Waals surface area (Å²) < 4.78 is 0. The van der Waals surface area contributed by atoms with E-state index in [0.717, 1.165) is 23.3 Å². The predicted molar refractivity (Wildman–Crippen MR) is 111 cm³/mol. The number of non-ortho nitro benzene ring substituents is 1. The highest BCUT2D eigenvalue weighted by molar-refractivity contribution is 5.94. The van der Waals surface area contributed by atoms with E-state index in [0.29, 0.717) is 16.5 Å². The maximum absolute atomic E-state index is 11.8. The van der Waals surface area contributed by atoms with Gasteiger partial charge in [-0.05, 0) is 38.1 Å².